The molecule has 5 aromatic rings. The number of hydrogen-bond acceptors (Lipinski definition) is 4. The number of pyridine rings is 2. The Labute approximate surface area is 155 Å². The van der Waals surface area contributed by atoms with Crippen molar-refractivity contribution in [3.8, 4) is 17.1 Å². The van der Waals surface area contributed by atoms with Crippen LogP contribution in [-0.4, -0.2) is 29.7 Å². The third-order valence-electron chi connectivity index (χ3n) is 4.37. The van der Waals surface area contributed by atoms with E-state index in [2.05, 4.69) is 25.1 Å². The first-order chi connectivity index (χ1) is 13.5. The highest BCUT2D eigenvalue weighted by atomic mass is 19.4. The molecule has 0 unspecified atom stereocenters. The van der Waals surface area contributed by atoms with Crippen LogP contribution in [-0.2, 0) is 6.18 Å². The van der Waals surface area contributed by atoms with Gasteiger partial charge in [-0.1, -0.05) is 6.07 Å². The van der Waals surface area contributed by atoms with Crippen molar-refractivity contribution in [2.45, 2.75) is 6.18 Å². The van der Waals surface area contributed by atoms with E-state index in [1.807, 2.05) is 0 Å². The fraction of sp³-hybridized carbons (Fsp3) is 0.0526. The molecule has 138 valence electrons. The molecular weight excluding hydrogens is 369 g/mol. The lowest BCUT2D eigenvalue weighted by atomic mass is 10.2. The van der Waals surface area contributed by atoms with Crippen LogP contribution in [0.2, 0.25) is 0 Å². The van der Waals surface area contributed by atoms with Gasteiger partial charge in [-0.3, -0.25) is 14.6 Å². The predicted molar refractivity (Wildman–Crippen MR) is 96.7 cm³/mol. The van der Waals surface area contributed by atoms with Crippen molar-refractivity contribution in [1.29, 1.82) is 0 Å². The quantitative estimate of drug-likeness (QED) is 0.493. The maximum absolute atomic E-state index is 13.7. The zero-order valence-electron chi connectivity index (χ0n) is 14.1. The Morgan fingerprint density at radius 2 is 1.82 bits per heavy atom. The molecule has 0 saturated heterocycles. The minimum atomic E-state index is -4.64. The molecule has 1 N–H and O–H groups in total. The van der Waals surface area contributed by atoms with Crippen LogP contribution in [0.1, 0.15) is 5.82 Å². The maximum atomic E-state index is 13.7. The summed E-state index contributed by atoms with van der Waals surface area (Å²) in [5.41, 5.74) is 2.32. The zero-order chi connectivity index (χ0) is 19.3. The van der Waals surface area contributed by atoms with Gasteiger partial charge in [0.1, 0.15) is 5.52 Å². The summed E-state index contributed by atoms with van der Waals surface area (Å²) >= 11 is 0. The second kappa shape index (κ2) is 5.88. The SMILES string of the molecule is FC(F)(F)c1nc2ccc(-c3ccccn3)nc2n1-c1ccc2[nH]ncc2c1. The number of rotatable bonds is 2. The Bertz CT molecular complexity index is 1300. The number of aromatic amines is 1. The van der Waals surface area contributed by atoms with Gasteiger partial charge in [-0.25, -0.2) is 9.97 Å². The van der Waals surface area contributed by atoms with Gasteiger partial charge in [0.05, 0.1) is 23.1 Å². The van der Waals surface area contributed by atoms with Crippen molar-refractivity contribution in [2.75, 3.05) is 0 Å². The van der Waals surface area contributed by atoms with Crippen molar-refractivity contribution in [1.82, 2.24) is 29.7 Å². The molecule has 28 heavy (non-hydrogen) atoms. The first-order valence-electron chi connectivity index (χ1n) is 8.32. The molecule has 0 bridgehead atoms. The Kier molecular flexibility index (Phi) is 3.45. The van der Waals surface area contributed by atoms with E-state index in [1.54, 1.807) is 54.9 Å². The van der Waals surface area contributed by atoms with E-state index in [9.17, 15) is 13.2 Å². The van der Waals surface area contributed by atoms with E-state index >= 15 is 0 Å². The van der Waals surface area contributed by atoms with Crippen molar-refractivity contribution < 1.29 is 13.2 Å². The summed E-state index contributed by atoms with van der Waals surface area (Å²) in [6, 6.07) is 13.3. The molecule has 0 spiro atoms. The highest BCUT2D eigenvalue weighted by Gasteiger charge is 2.38. The minimum absolute atomic E-state index is 0.110. The van der Waals surface area contributed by atoms with Crippen LogP contribution in [0.25, 0.3) is 39.1 Å². The Morgan fingerprint density at radius 3 is 2.61 bits per heavy atom. The molecule has 0 atom stereocenters. The van der Waals surface area contributed by atoms with E-state index < -0.39 is 12.0 Å². The van der Waals surface area contributed by atoms with Gasteiger partial charge in [0, 0.05) is 17.3 Å². The summed E-state index contributed by atoms with van der Waals surface area (Å²) in [4.78, 5) is 12.5. The molecule has 0 aliphatic heterocycles. The number of fused-ring (bicyclic) bond motifs is 2. The Balaban J connectivity index is 1.81. The third-order valence-corrected chi connectivity index (χ3v) is 4.37. The van der Waals surface area contributed by atoms with Gasteiger partial charge in [0.25, 0.3) is 0 Å². The summed E-state index contributed by atoms with van der Waals surface area (Å²) < 4.78 is 42.1. The minimum Gasteiger partial charge on any atom is -0.278 e. The molecule has 4 heterocycles. The van der Waals surface area contributed by atoms with Crippen molar-refractivity contribution in [2.24, 2.45) is 0 Å². The number of nitrogens with zero attached hydrogens (tertiary/aromatic N) is 5. The number of imidazole rings is 1. The lowest BCUT2D eigenvalue weighted by Crippen LogP contribution is -2.14. The topological polar surface area (TPSA) is 72.3 Å². The van der Waals surface area contributed by atoms with Gasteiger partial charge >= 0.3 is 6.18 Å². The van der Waals surface area contributed by atoms with E-state index in [4.69, 9.17) is 0 Å². The number of alkyl halides is 3. The van der Waals surface area contributed by atoms with Gasteiger partial charge in [-0.05, 0) is 42.5 Å². The molecule has 1 aromatic carbocycles. The molecule has 0 radical (unpaired) electrons. The largest absolute Gasteiger partial charge is 0.450 e. The van der Waals surface area contributed by atoms with Crippen LogP contribution in [0.5, 0.6) is 0 Å². The summed E-state index contributed by atoms with van der Waals surface area (Å²) in [7, 11) is 0. The molecule has 0 fully saturated rings. The number of H-pyrrole nitrogens is 1. The standard InChI is InChI=1S/C19H11F3N6/c20-19(21,22)18-26-16-7-6-15(14-3-1-2-8-23-14)25-17(16)28(18)12-4-5-13-11(9-12)10-24-27-13/h1-10H,(H,24,27). The molecular formula is C19H11F3N6. The van der Waals surface area contributed by atoms with Crippen LogP contribution in [0.3, 0.4) is 0 Å². The molecule has 4 aromatic heterocycles. The first kappa shape index (κ1) is 16.4. The summed E-state index contributed by atoms with van der Waals surface area (Å²) in [5.74, 6) is -1.03. The first-order valence-corrected chi connectivity index (χ1v) is 8.32. The fourth-order valence-corrected chi connectivity index (χ4v) is 3.12. The van der Waals surface area contributed by atoms with Crippen molar-refractivity contribution >= 4 is 22.1 Å². The van der Waals surface area contributed by atoms with Gasteiger partial charge in [-0.15, -0.1) is 0 Å². The molecule has 9 heteroatoms. The highest BCUT2D eigenvalue weighted by molar-refractivity contribution is 5.83. The van der Waals surface area contributed by atoms with Crippen LogP contribution in [0.15, 0.2) is 60.9 Å². The lowest BCUT2D eigenvalue weighted by Gasteiger charge is -2.11. The normalized spacial score (nSPS) is 12.1. The summed E-state index contributed by atoms with van der Waals surface area (Å²) in [5, 5.41) is 7.39. The third kappa shape index (κ3) is 2.59. The molecule has 5 rings (SSSR count). The predicted octanol–water partition coefficient (Wildman–Crippen LogP) is 4.38. The van der Waals surface area contributed by atoms with E-state index in [1.165, 1.54) is 6.07 Å². The lowest BCUT2D eigenvalue weighted by molar-refractivity contribution is -0.145. The number of aromatic nitrogens is 6. The van der Waals surface area contributed by atoms with Crippen LogP contribution < -0.4 is 0 Å². The average molecular weight is 380 g/mol. The molecule has 0 amide bonds. The molecule has 0 saturated carbocycles. The number of benzene rings is 1. The molecule has 0 aliphatic rings. The van der Waals surface area contributed by atoms with E-state index in [-0.39, 0.29) is 11.2 Å². The highest BCUT2D eigenvalue weighted by Crippen LogP contribution is 2.34. The summed E-state index contributed by atoms with van der Waals surface area (Å²) in [6.07, 6.45) is -1.48. The second-order valence-electron chi connectivity index (χ2n) is 6.16. The monoisotopic (exact) mass is 380 g/mol. The molecule has 6 nitrogen and oxygen atoms in total. The summed E-state index contributed by atoms with van der Waals surface area (Å²) in [6.45, 7) is 0. The van der Waals surface area contributed by atoms with Crippen LogP contribution >= 0.6 is 0 Å². The van der Waals surface area contributed by atoms with Crippen molar-refractivity contribution in [3.05, 3.63) is 66.7 Å². The van der Waals surface area contributed by atoms with Crippen LogP contribution in [0, 0.1) is 0 Å². The zero-order valence-corrected chi connectivity index (χ0v) is 14.1. The number of halogens is 3. The van der Waals surface area contributed by atoms with E-state index in [0.717, 1.165) is 10.1 Å². The van der Waals surface area contributed by atoms with Gasteiger partial charge < -0.3 is 0 Å². The molecule has 0 aliphatic carbocycles. The Morgan fingerprint density at radius 1 is 0.929 bits per heavy atom. The van der Waals surface area contributed by atoms with Gasteiger partial charge in [0.15, 0.2) is 5.65 Å². The number of hydrogen-bond donors (Lipinski definition) is 1. The smallest absolute Gasteiger partial charge is 0.278 e. The maximum Gasteiger partial charge on any atom is 0.450 e. The van der Waals surface area contributed by atoms with Crippen LogP contribution in [0.4, 0.5) is 13.2 Å². The van der Waals surface area contributed by atoms with Gasteiger partial charge in [0.2, 0.25) is 5.82 Å². The van der Waals surface area contributed by atoms with Gasteiger partial charge in [-0.2, -0.15) is 18.3 Å². The van der Waals surface area contributed by atoms with Crippen molar-refractivity contribution in [3.63, 3.8) is 0 Å². The number of nitrogens with one attached hydrogen (secondary N) is 1. The Hall–Kier alpha value is -3.75. The van der Waals surface area contributed by atoms with E-state index in [0.29, 0.717) is 22.5 Å². The average Bonchev–Trinajstić information content (AvgIpc) is 3.31. The fourth-order valence-electron chi connectivity index (χ4n) is 3.12. The second-order valence-corrected chi connectivity index (χ2v) is 6.16.